The van der Waals surface area contributed by atoms with Gasteiger partial charge in [-0.3, -0.25) is 14.2 Å². The van der Waals surface area contributed by atoms with Crippen molar-refractivity contribution < 1.29 is 9.53 Å². The van der Waals surface area contributed by atoms with Gasteiger partial charge in [-0.25, -0.2) is 4.98 Å². The fourth-order valence-electron chi connectivity index (χ4n) is 2.93. The number of nitrogens with one attached hydrogen (secondary N) is 1. The first-order valence-electron chi connectivity index (χ1n) is 9.17. The summed E-state index contributed by atoms with van der Waals surface area (Å²) in [6, 6.07) is 16.5. The van der Waals surface area contributed by atoms with Gasteiger partial charge in [0.2, 0.25) is 0 Å². The van der Waals surface area contributed by atoms with Gasteiger partial charge in [-0.05, 0) is 31.3 Å². The van der Waals surface area contributed by atoms with E-state index in [4.69, 9.17) is 17.0 Å². The van der Waals surface area contributed by atoms with Crippen molar-refractivity contribution in [1.82, 2.24) is 14.5 Å². The summed E-state index contributed by atoms with van der Waals surface area (Å²) in [5.41, 5.74) is 1.52. The molecule has 0 atom stereocenters. The fraction of sp³-hybridized carbons (Fsp3) is 0.143. The molecule has 152 valence electrons. The predicted molar refractivity (Wildman–Crippen MR) is 123 cm³/mol. The molecule has 0 aliphatic carbocycles. The summed E-state index contributed by atoms with van der Waals surface area (Å²) < 4.78 is 8.41. The number of ketones is 1. The van der Waals surface area contributed by atoms with E-state index in [0.717, 1.165) is 5.69 Å². The third kappa shape index (κ3) is 4.09. The third-order valence-electron chi connectivity index (χ3n) is 4.26. The van der Waals surface area contributed by atoms with Crippen molar-refractivity contribution in [1.29, 1.82) is 0 Å². The van der Waals surface area contributed by atoms with Gasteiger partial charge < -0.3 is 9.72 Å². The van der Waals surface area contributed by atoms with Crippen LogP contribution in [0.2, 0.25) is 0 Å². The van der Waals surface area contributed by atoms with E-state index in [-0.39, 0.29) is 17.1 Å². The predicted octanol–water partition coefficient (Wildman–Crippen LogP) is 4.88. The average molecular weight is 456 g/mol. The highest BCUT2D eigenvalue weighted by molar-refractivity contribution is 7.99. The second-order valence-electron chi connectivity index (χ2n) is 6.21. The van der Waals surface area contributed by atoms with Gasteiger partial charge in [0.1, 0.15) is 10.4 Å². The molecule has 1 N–H and O–H groups in total. The van der Waals surface area contributed by atoms with Crippen LogP contribution in [0.1, 0.15) is 17.3 Å². The van der Waals surface area contributed by atoms with Crippen LogP contribution in [-0.4, -0.2) is 32.7 Å². The standard InChI is InChI=1S/C21H17N3O3S3/c1-2-27-16-11-7-6-10-14(16)24-18-17(30-21(24)28)19(26)23-20(22-18)29-12-15(25)13-8-4-3-5-9-13/h3-11H,2,12H2,1H3,(H,22,23,26). The minimum absolute atomic E-state index is 0.0350. The molecule has 0 amide bonds. The number of nitrogens with zero attached hydrogens (tertiary/aromatic N) is 2. The van der Waals surface area contributed by atoms with E-state index < -0.39 is 0 Å². The smallest absolute Gasteiger partial charge is 0.271 e. The van der Waals surface area contributed by atoms with Gasteiger partial charge in [-0.2, -0.15) is 0 Å². The van der Waals surface area contributed by atoms with Crippen molar-refractivity contribution in [3.05, 3.63) is 74.5 Å². The number of benzene rings is 2. The number of hydrogen-bond donors (Lipinski definition) is 1. The van der Waals surface area contributed by atoms with Crippen molar-refractivity contribution in [3.63, 3.8) is 0 Å². The van der Waals surface area contributed by atoms with E-state index in [2.05, 4.69) is 9.97 Å². The van der Waals surface area contributed by atoms with E-state index in [0.29, 0.717) is 37.4 Å². The number of thioether (sulfide) groups is 1. The molecule has 0 fully saturated rings. The van der Waals surface area contributed by atoms with Crippen LogP contribution in [0.15, 0.2) is 64.5 Å². The fourth-order valence-corrected chi connectivity index (χ4v) is 4.94. The molecule has 2 aromatic heterocycles. The summed E-state index contributed by atoms with van der Waals surface area (Å²) in [6.45, 7) is 2.41. The lowest BCUT2D eigenvalue weighted by Gasteiger charge is -2.11. The molecule has 0 bridgehead atoms. The lowest BCUT2D eigenvalue weighted by Crippen LogP contribution is -2.11. The summed E-state index contributed by atoms with van der Waals surface area (Å²) in [6.07, 6.45) is 0. The molecule has 9 heteroatoms. The number of aromatic amines is 1. The molecule has 4 rings (SSSR count). The topological polar surface area (TPSA) is 77.0 Å². The Morgan fingerprint density at radius 1 is 1.20 bits per heavy atom. The second-order valence-corrected chi connectivity index (χ2v) is 8.81. The van der Waals surface area contributed by atoms with Gasteiger partial charge in [0.15, 0.2) is 20.5 Å². The van der Waals surface area contributed by atoms with Crippen LogP contribution in [0.4, 0.5) is 0 Å². The Hall–Kier alpha value is -2.75. The molecule has 2 aromatic carbocycles. The van der Waals surface area contributed by atoms with Crippen LogP contribution in [0.25, 0.3) is 16.0 Å². The maximum absolute atomic E-state index is 12.6. The summed E-state index contributed by atoms with van der Waals surface area (Å²) in [4.78, 5) is 32.4. The number of aromatic nitrogens is 3. The zero-order valence-electron chi connectivity index (χ0n) is 16.0. The Morgan fingerprint density at radius 2 is 1.93 bits per heavy atom. The van der Waals surface area contributed by atoms with Crippen LogP contribution in [0.5, 0.6) is 5.75 Å². The first-order chi connectivity index (χ1) is 14.6. The van der Waals surface area contributed by atoms with E-state index in [1.807, 2.05) is 49.4 Å². The van der Waals surface area contributed by atoms with E-state index >= 15 is 0 Å². The molecule has 0 unspecified atom stereocenters. The van der Waals surface area contributed by atoms with Gasteiger partial charge >= 0.3 is 0 Å². The number of fused-ring (bicyclic) bond motifs is 1. The van der Waals surface area contributed by atoms with Crippen molar-refractivity contribution >= 4 is 51.4 Å². The number of para-hydroxylation sites is 2. The Balaban J connectivity index is 1.73. The summed E-state index contributed by atoms with van der Waals surface area (Å²) in [5, 5.41) is 0.368. The number of ether oxygens (including phenoxy) is 1. The monoisotopic (exact) mass is 455 g/mol. The molecule has 0 saturated carbocycles. The Kier molecular flexibility index (Phi) is 6.12. The van der Waals surface area contributed by atoms with Gasteiger partial charge in [0.05, 0.1) is 18.0 Å². The molecule has 0 radical (unpaired) electrons. The van der Waals surface area contributed by atoms with Crippen molar-refractivity contribution in [2.24, 2.45) is 0 Å². The number of H-pyrrole nitrogens is 1. The minimum Gasteiger partial charge on any atom is -0.492 e. The molecule has 6 nitrogen and oxygen atoms in total. The molecule has 0 aliphatic heterocycles. The third-order valence-corrected chi connectivity index (χ3v) is 6.50. The van der Waals surface area contributed by atoms with Crippen molar-refractivity contribution in [2.45, 2.75) is 12.1 Å². The molecule has 2 heterocycles. The number of carbonyl (C=O) groups excluding carboxylic acids is 1. The molecule has 30 heavy (non-hydrogen) atoms. The number of rotatable bonds is 7. The zero-order valence-corrected chi connectivity index (χ0v) is 18.4. The highest BCUT2D eigenvalue weighted by Gasteiger charge is 2.17. The first-order valence-corrected chi connectivity index (χ1v) is 11.4. The average Bonchev–Trinajstić information content (AvgIpc) is 3.09. The van der Waals surface area contributed by atoms with Crippen LogP contribution < -0.4 is 10.3 Å². The summed E-state index contributed by atoms with van der Waals surface area (Å²) >= 11 is 7.91. The number of carbonyl (C=O) groups is 1. The normalized spacial score (nSPS) is 11.0. The van der Waals surface area contributed by atoms with Gasteiger partial charge in [-0.15, -0.1) is 0 Å². The molecule has 0 spiro atoms. The van der Waals surface area contributed by atoms with Crippen LogP contribution >= 0.6 is 35.3 Å². The van der Waals surface area contributed by atoms with Crippen molar-refractivity contribution in [3.8, 4) is 11.4 Å². The van der Waals surface area contributed by atoms with E-state index in [9.17, 15) is 9.59 Å². The Labute approximate surface area is 185 Å². The molecule has 4 aromatic rings. The quantitative estimate of drug-likeness (QED) is 0.185. The molecular formula is C21H17N3O3S3. The Bertz CT molecular complexity index is 1330. The van der Waals surface area contributed by atoms with Gasteiger partial charge in [0.25, 0.3) is 5.56 Å². The van der Waals surface area contributed by atoms with Crippen LogP contribution in [-0.2, 0) is 0 Å². The van der Waals surface area contributed by atoms with Crippen LogP contribution in [0.3, 0.4) is 0 Å². The largest absolute Gasteiger partial charge is 0.492 e. The lowest BCUT2D eigenvalue weighted by atomic mass is 10.2. The SMILES string of the molecule is CCOc1ccccc1-n1c(=S)sc2c(=O)[nH]c(SCC(=O)c3ccccc3)nc21. The number of thiazole rings is 1. The molecule has 0 saturated heterocycles. The molecular weight excluding hydrogens is 438 g/mol. The minimum atomic E-state index is -0.279. The summed E-state index contributed by atoms with van der Waals surface area (Å²) in [5.74, 6) is 0.789. The van der Waals surface area contributed by atoms with Gasteiger partial charge in [0, 0.05) is 5.56 Å². The highest BCUT2D eigenvalue weighted by atomic mass is 32.2. The second kappa shape index (κ2) is 8.95. The first kappa shape index (κ1) is 20.5. The maximum atomic E-state index is 12.6. The van der Waals surface area contributed by atoms with Crippen molar-refractivity contribution in [2.75, 3.05) is 12.4 Å². The van der Waals surface area contributed by atoms with E-state index in [1.165, 1.54) is 23.1 Å². The Morgan fingerprint density at radius 3 is 2.70 bits per heavy atom. The zero-order chi connectivity index (χ0) is 21.1. The lowest BCUT2D eigenvalue weighted by molar-refractivity contribution is 0.102. The number of Topliss-reactive ketones (excluding diaryl/α,β-unsaturated/α-hetero) is 1. The molecule has 0 aliphatic rings. The summed E-state index contributed by atoms with van der Waals surface area (Å²) in [7, 11) is 0. The number of hydrogen-bond acceptors (Lipinski definition) is 7. The maximum Gasteiger partial charge on any atom is 0.271 e. The van der Waals surface area contributed by atoms with Gasteiger partial charge in [-0.1, -0.05) is 65.6 Å². The van der Waals surface area contributed by atoms with E-state index in [1.54, 1.807) is 16.7 Å². The highest BCUT2D eigenvalue weighted by Crippen LogP contribution is 2.30. The van der Waals surface area contributed by atoms with Crippen LogP contribution in [0, 0.1) is 3.95 Å².